The molecular formula is C12H16N4O. The van der Waals surface area contributed by atoms with Crippen molar-refractivity contribution in [1.82, 2.24) is 0 Å². The molecule has 0 amide bonds. The van der Waals surface area contributed by atoms with Crippen molar-refractivity contribution < 1.29 is 4.74 Å². The lowest BCUT2D eigenvalue weighted by atomic mass is 10.2. The molecule has 0 saturated carbocycles. The first-order valence-corrected chi connectivity index (χ1v) is 5.07. The van der Waals surface area contributed by atoms with Crippen molar-refractivity contribution in [3.8, 4) is 5.75 Å². The van der Waals surface area contributed by atoms with Crippen LogP contribution in [0.15, 0.2) is 46.6 Å². The molecule has 0 saturated heterocycles. The Bertz CT molecular complexity index is 448. The summed E-state index contributed by atoms with van der Waals surface area (Å²) >= 11 is 0. The molecule has 1 rings (SSSR count). The zero-order chi connectivity index (χ0) is 12.7. The molecule has 1 aromatic rings. The van der Waals surface area contributed by atoms with E-state index in [4.69, 9.17) is 16.2 Å². The third kappa shape index (κ3) is 5.36. The van der Waals surface area contributed by atoms with Gasteiger partial charge in [-0.05, 0) is 30.2 Å². The minimum atomic E-state index is -0.0732. The van der Waals surface area contributed by atoms with Gasteiger partial charge in [-0.1, -0.05) is 18.7 Å². The topological polar surface area (TPSA) is 86.0 Å². The Morgan fingerprint density at radius 1 is 1.47 bits per heavy atom. The lowest BCUT2D eigenvalue weighted by Crippen LogP contribution is -2.21. The zero-order valence-electron chi connectivity index (χ0n) is 9.76. The third-order valence-electron chi connectivity index (χ3n) is 1.72. The fraction of sp³-hybridized carbons (Fsp3) is 0.167. The molecule has 90 valence electrons. The van der Waals surface area contributed by atoms with E-state index in [1.54, 1.807) is 6.21 Å². The zero-order valence-corrected chi connectivity index (χ0v) is 9.76. The Labute approximate surface area is 100 Å². The minimum absolute atomic E-state index is 0.0732. The molecule has 17 heavy (non-hydrogen) atoms. The van der Waals surface area contributed by atoms with Crippen molar-refractivity contribution in [2.24, 2.45) is 21.7 Å². The van der Waals surface area contributed by atoms with E-state index in [9.17, 15) is 0 Å². The summed E-state index contributed by atoms with van der Waals surface area (Å²) < 4.78 is 5.49. The Hall–Kier alpha value is -2.30. The normalized spacial score (nSPS) is 10.2. The van der Waals surface area contributed by atoms with E-state index in [-0.39, 0.29) is 5.96 Å². The lowest BCUT2D eigenvalue weighted by Gasteiger charge is -2.05. The van der Waals surface area contributed by atoms with Crippen molar-refractivity contribution in [2.75, 3.05) is 6.61 Å². The van der Waals surface area contributed by atoms with Gasteiger partial charge >= 0.3 is 0 Å². The summed E-state index contributed by atoms with van der Waals surface area (Å²) in [5.74, 6) is 0.678. The van der Waals surface area contributed by atoms with E-state index < -0.39 is 0 Å². The van der Waals surface area contributed by atoms with E-state index in [1.807, 2.05) is 31.2 Å². The predicted molar refractivity (Wildman–Crippen MR) is 70.2 cm³/mol. The van der Waals surface area contributed by atoms with Crippen LogP contribution >= 0.6 is 0 Å². The molecule has 5 heteroatoms. The van der Waals surface area contributed by atoms with Crippen LogP contribution in [-0.4, -0.2) is 18.8 Å². The van der Waals surface area contributed by atoms with Gasteiger partial charge in [-0.3, -0.25) is 0 Å². The summed E-state index contributed by atoms with van der Waals surface area (Å²) in [4.78, 5) is 0. The molecule has 0 aromatic heterocycles. The van der Waals surface area contributed by atoms with Gasteiger partial charge in [-0.2, -0.15) is 5.10 Å². The van der Waals surface area contributed by atoms with E-state index in [0.717, 1.165) is 16.9 Å². The highest BCUT2D eigenvalue weighted by Gasteiger charge is 1.95. The fourth-order valence-electron chi connectivity index (χ4n) is 1.05. The van der Waals surface area contributed by atoms with Crippen molar-refractivity contribution in [3.05, 3.63) is 42.0 Å². The molecule has 0 unspecified atom stereocenters. The second kappa shape index (κ2) is 6.32. The molecule has 0 aliphatic carbocycles. The van der Waals surface area contributed by atoms with Gasteiger partial charge in [0.05, 0.1) is 6.21 Å². The first-order chi connectivity index (χ1) is 8.08. The maximum absolute atomic E-state index is 5.49. The molecule has 0 heterocycles. The highest BCUT2D eigenvalue weighted by atomic mass is 16.5. The molecule has 0 fully saturated rings. The molecule has 5 nitrogen and oxygen atoms in total. The van der Waals surface area contributed by atoms with Crippen LogP contribution < -0.4 is 16.2 Å². The summed E-state index contributed by atoms with van der Waals surface area (Å²) in [6.45, 7) is 6.17. The molecule has 1 aromatic carbocycles. The Balaban J connectivity index is 2.68. The summed E-state index contributed by atoms with van der Waals surface area (Å²) in [5.41, 5.74) is 12.1. The molecule has 0 atom stereocenters. The van der Waals surface area contributed by atoms with Crippen LogP contribution in [0.1, 0.15) is 12.5 Å². The van der Waals surface area contributed by atoms with Gasteiger partial charge in [0.1, 0.15) is 12.4 Å². The summed E-state index contributed by atoms with van der Waals surface area (Å²) in [6, 6.07) is 7.44. The summed E-state index contributed by atoms with van der Waals surface area (Å²) in [5, 5.41) is 7.23. The quantitative estimate of drug-likeness (QED) is 0.346. The SMILES string of the molecule is C=C(C)COc1cccc(C=NN=C(N)N)c1. The lowest BCUT2D eigenvalue weighted by molar-refractivity contribution is 0.352. The molecule has 0 bridgehead atoms. The number of guanidine groups is 1. The highest BCUT2D eigenvalue weighted by molar-refractivity contribution is 5.81. The average molecular weight is 232 g/mol. The van der Waals surface area contributed by atoms with Gasteiger partial charge < -0.3 is 16.2 Å². The molecule has 0 aliphatic rings. The van der Waals surface area contributed by atoms with Crippen LogP contribution in [0.3, 0.4) is 0 Å². The van der Waals surface area contributed by atoms with Crippen LogP contribution in [0, 0.1) is 0 Å². The van der Waals surface area contributed by atoms with Crippen molar-refractivity contribution in [3.63, 3.8) is 0 Å². The molecule has 0 spiro atoms. The largest absolute Gasteiger partial charge is 0.489 e. The van der Waals surface area contributed by atoms with E-state index in [2.05, 4.69) is 16.8 Å². The molecule has 4 N–H and O–H groups in total. The van der Waals surface area contributed by atoms with E-state index in [0.29, 0.717) is 6.61 Å². The number of rotatable bonds is 5. The summed E-state index contributed by atoms with van der Waals surface area (Å²) in [6.07, 6.45) is 1.55. The van der Waals surface area contributed by atoms with Crippen molar-refractivity contribution in [1.29, 1.82) is 0 Å². The molecule has 0 radical (unpaired) electrons. The summed E-state index contributed by atoms with van der Waals surface area (Å²) in [7, 11) is 0. The molecular weight excluding hydrogens is 216 g/mol. The first-order valence-electron chi connectivity index (χ1n) is 5.07. The van der Waals surface area contributed by atoms with Gasteiger partial charge in [0.25, 0.3) is 0 Å². The number of ether oxygens (including phenoxy) is 1. The number of hydrogen-bond donors (Lipinski definition) is 2. The van der Waals surface area contributed by atoms with Gasteiger partial charge in [-0.25, -0.2) is 0 Å². The average Bonchev–Trinajstić information content (AvgIpc) is 2.26. The Kier molecular flexibility index (Phi) is 4.75. The minimum Gasteiger partial charge on any atom is -0.489 e. The van der Waals surface area contributed by atoms with Crippen LogP contribution in [0.25, 0.3) is 0 Å². The highest BCUT2D eigenvalue weighted by Crippen LogP contribution is 2.12. The number of benzene rings is 1. The maximum atomic E-state index is 5.49. The third-order valence-corrected chi connectivity index (χ3v) is 1.72. The van der Waals surface area contributed by atoms with Crippen LogP contribution in [0.4, 0.5) is 0 Å². The van der Waals surface area contributed by atoms with Gasteiger partial charge in [-0.15, -0.1) is 5.10 Å². The predicted octanol–water partition coefficient (Wildman–Crippen LogP) is 1.25. The smallest absolute Gasteiger partial charge is 0.211 e. The Morgan fingerprint density at radius 2 is 2.24 bits per heavy atom. The van der Waals surface area contributed by atoms with Gasteiger partial charge in [0.2, 0.25) is 5.96 Å². The first kappa shape index (κ1) is 12.8. The van der Waals surface area contributed by atoms with Crippen LogP contribution in [-0.2, 0) is 0 Å². The standard InChI is InChI=1S/C12H16N4O/c1-9(2)8-17-11-5-3-4-10(6-11)7-15-16-12(13)14/h3-7H,1,8H2,2H3,(H4,13,14,16). The van der Waals surface area contributed by atoms with Crippen LogP contribution in [0.5, 0.6) is 5.75 Å². The van der Waals surface area contributed by atoms with Gasteiger partial charge in [0, 0.05) is 0 Å². The number of hydrogen-bond acceptors (Lipinski definition) is 3. The van der Waals surface area contributed by atoms with Crippen molar-refractivity contribution in [2.45, 2.75) is 6.92 Å². The number of nitrogens with zero attached hydrogens (tertiary/aromatic N) is 2. The van der Waals surface area contributed by atoms with Gasteiger partial charge in [0.15, 0.2) is 0 Å². The van der Waals surface area contributed by atoms with Crippen molar-refractivity contribution >= 4 is 12.2 Å². The van der Waals surface area contributed by atoms with E-state index in [1.165, 1.54) is 0 Å². The monoisotopic (exact) mass is 232 g/mol. The second-order valence-electron chi connectivity index (χ2n) is 3.59. The molecule has 0 aliphatic heterocycles. The fourth-order valence-corrected chi connectivity index (χ4v) is 1.05. The maximum Gasteiger partial charge on any atom is 0.211 e. The Morgan fingerprint density at radius 3 is 2.88 bits per heavy atom. The van der Waals surface area contributed by atoms with Crippen LogP contribution in [0.2, 0.25) is 0 Å². The second-order valence-corrected chi connectivity index (χ2v) is 3.59. The number of nitrogens with two attached hydrogens (primary N) is 2. The van der Waals surface area contributed by atoms with E-state index >= 15 is 0 Å².